The van der Waals surface area contributed by atoms with Gasteiger partial charge in [0, 0.05) is 6.20 Å². The van der Waals surface area contributed by atoms with Gasteiger partial charge in [-0.15, -0.1) is 11.3 Å². The smallest absolute Gasteiger partial charge is 0.0957 e. The molecule has 0 fully saturated rings. The lowest BCUT2D eigenvalue weighted by Gasteiger charge is -1.88. The fourth-order valence-electron chi connectivity index (χ4n) is 0.878. The average Bonchev–Trinajstić information content (AvgIpc) is 2.31. The van der Waals surface area contributed by atoms with Gasteiger partial charge in [-0.05, 0) is 12.1 Å². The largest absolute Gasteiger partial charge is 0.255 e. The monoisotopic (exact) mass is 203 g/mol. The molecule has 0 saturated heterocycles. The molecular weight excluding hydrogens is 201 g/mol. The molecule has 0 aliphatic heterocycles. The SMILES string of the molecule is Clc1cc2nccc(Cl)c2s1. The van der Waals surface area contributed by atoms with Gasteiger partial charge < -0.3 is 0 Å². The zero-order chi connectivity index (χ0) is 7.84. The third-order valence-corrected chi connectivity index (χ3v) is 3.05. The van der Waals surface area contributed by atoms with E-state index in [0.29, 0.717) is 5.02 Å². The van der Waals surface area contributed by atoms with Crippen LogP contribution in [0.15, 0.2) is 18.3 Å². The first-order chi connectivity index (χ1) is 5.27. The van der Waals surface area contributed by atoms with Crippen LogP contribution in [0.25, 0.3) is 10.2 Å². The molecule has 0 amide bonds. The molecule has 0 aromatic carbocycles. The average molecular weight is 204 g/mol. The standard InChI is InChI=1S/C7H3Cl2NS/c8-4-1-2-10-5-3-6(9)11-7(4)5/h1-3H. The summed E-state index contributed by atoms with van der Waals surface area (Å²) in [6, 6.07) is 3.57. The Hall–Kier alpha value is -0.310. The molecule has 0 atom stereocenters. The Morgan fingerprint density at radius 3 is 2.91 bits per heavy atom. The first-order valence-electron chi connectivity index (χ1n) is 2.97. The van der Waals surface area contributed by atoms with Crippen molar-refractivity contribution in [1.82, 2.24) is 4.98 Å². The maximum Gasteiger partial charge on any atom is 0.0957 e. The highest BCUT2D eigenvalue weighted by atomic mass is 35.5. The highest BCUT2D eigenvalue weighted by Gasteiger charge is 2.03. The van der Waals surface area contributed by atoms with Crippen LogP contribution in [-0.2, 0) is 0 Å². The van der Waals surface area contributed by atoms with Crippen molar-refractivity contribution in [2.75, 3.05) is 0 Å². The van der Waals surface area contributed by atoms with E-state index in [9.17, 15) is 0 Å². The van der Waals surface area contributed by atoms with E-state index in [1.165, 1.54) is 11.3 Å². The van der Waals surface area contributed by atoms with E-state index in [-0.39, 0.29) is 0 Å². The van der Waals surface area contributed by atoms with Gasteiger partial charge in [0.1, 0.15) is 0 Å². The molecule has 2 aromatic heterocycles. The van der Waals surface area contributed by atoms with Crippen LogP contribution in [0.4, 0.5) is 0 Å². The van der Waals surface area contributed by atoms with E-state index in [4.69, 9.17) is 23.2 Å². The summed E-state index contributed by atoms with van der Waals surface area (Å²) in [5.41, 5.74) is 0.868. The van der Waals surface area contributed by atoms with Crippen molar-refractivity contribution in [2.24, 2.45) is 0 Å². The van der Waals surface area contributed by atoms with Gasteiger partial charge in [0.25, 0.3) is 0 Å². The summed E-state index contributed by atoms with van der Waals surface area (Å²) in [5.74, 6) is 0. The van der Waals surface area contributed by atoms with Crippen molar-refractivity contribution in [1.29, 1.82) is 0 Å². The first kappa shape index (κ1) is 7.35. The van der Waals surface area contributed by atoms with E-state index in [1.54, 1.807) is 12.3 Å². The molecule has 11 heavy (non-hydrogen) atoms. The summed E-state index contributed by atoms with van der Waals surface area (Å²) < 4.78 is 1.68. The lowest BCUT2D eigenvalue weighted by atomic mass is 10.4. The summed E-state index contributed by atoms with van der Waals surface area (Å²) in [4.78, 5) is 4.10. The minimum Gasteiger partial charge on any atom is -0.255 e. The fraction of sp³-hybridized carbons (Fsp3) is 0. The molecule has 0 N–H and O–H groups in total. The van der Waals surface area contributed by atoms with E-state index >= 15 is 0 Å². The second-order valence-electron chi connectivity index (χ2n) is 2.06. The van der Waals surface area contributed by atoms with E-state index in [2.05, 4.69) is 4.98 Å². The molecule has 0 bridgehead atoms. The zero-order valence-corrected chi connectivity index (χ0v) is 7.67. The van der Waals surface area contributed by atoms with E-state index in [1.807, 2.05) is 6.07 Å². The lowest BCUT2D eigenvalue weighted by molar-refractivity contribution is 1.43. The summed E-state index contributed by atoms with van der Waals surface area (Å²) in [5, 5.41) is 0.715. The van der Waals surface area contributed by atoms with Crippen LogP contribution in [0.2, 0.25) is 9.36 Å². The Morgan fingerprint density at radius 1 is 1.36 bits per heavy atom. The van der Waals surface area contributed by atoms with Crippen molar-refractivity contribution >= 4 is 44.8 Å². The molecule has 0 aliphatic carbocycles. The minimum absolute atomic E-state index is 0.715. The Morgan fingerprint density at radius 2 is 2.18 bits per heavy atom. The molecule has 0 radical (unpaired) electrons. The number of pyridine rings is 1. The predicted molar refractivity (Wildman–Crippen MR) is 49.6 cm³/mol. The number of nitrogens with zero attached hydrogens (tertiary/aromatic N) is 1. The molecule has 0 unspecified atom stereocenters. The molecular formula is C7H3Cl2NS. The van der Waals surface area contributed by atoms with Crippen molar-refractivity contribution in [3.63, 3.8) is 0 Å². The van der Waals surface area contributed by atoms with Crippen molar-refractivity contribution in [2.45, 2.75) is 0 Å². The Labute approximate surface area is 77.6 Å². The van der Waals surface area contributed by atoms with Crippen LogP contribution in [0.5, 0.6) is 0 Å². The van der Waals surface area contributed by atoms with Crippen molar-refractivity contribution in [3.05, 3.63) is 27.7 Å². The zero-order valence-electron chi connectivity index (χ0n) is 5.34. The minimum atomic E-state index is 0.715. The van der Waals surface area contributed by atoms with Gasteiger partial charge in [0.2, 0.25) is 0 Å². The second-order valence-corrected chi connectivity index (χ2v) is 4.15. The quantitative estimate of drug-likeness (QED) is 0.638. The Kier molecular flexibility index (Phi) is 1.75. The Balaban J connectivity index is 2.90. The third-order valence-electron chi connectivity index (χ3n) is 1.33. The van der Waals surface area contributed by atoms with Crippen LogP contribution in [-0.4, -0.2) is 4.98 Å². The number of halogens is 2. The predicted octanol–water partition coefficient (Wildman–Crippen LogP) is 3.60. The van der Waals surface area contributed by atoms with E-state index < -0.39 is 0 Å². The van der Waals surface area contributed by atoms with Gasteiger partial charge in [0.05, 0.1) is 19.6 Å². The number of rotatable bonds is 0. The molecule has 2 rings (SSSR count). The summed E-state index contributed by atoms with van der Waals surface area (Å²) in [7, 11) is 0. The summed E-state index contributed by atoms with van der Waals surface area (Å²) in [6.45, 7) is 0. The lowest BCUT2D eigenvalue weighted by Crippen LogP contribution is -1.69. The summed E-state index contributed by atoms with van der Waals surface area (Å²) >= 11 is 13.1. The maximum atomic E-state index is 5.88. The third kappa shape index (κ3) is 1.22. The van der Waals surface area contributed by atoms with Crippen LogP contribution in [0, 0.1) is 0 Å². The van der Waals surface area contributed by atoms with Gasteiger partial charge in [-0.25, -0.2) is 0 Å². The molecule has 0 spiro atoms. The van der Waals surface area contributed by atoms with Crippen LogP contribution < -0.4 is 0 Å². The number of thiophene rings is 1. The topological polar surface area (TPSA) is 12.9 Å². The molecule has 0 saturated carbocycles. The second kappa shape index (κ2) is 2.63. The van der Waals surface area contributed by atoms with Gasteiger partial charge in [-0.3, -0.25) is 4.98 Å². The first-order valence-corrected chi connectivity index (χ1v) is 4.54. The van der Waals surface area contributed by atoms with E-state index in [0.717, 1.165) is 14.6 Å². The van der Waals surface area contributed by atoms with Crippen molar-refractivity contribution in [3.8, 4) is 0 Å². The number of aromatic nitrogens is 1. The van der Waals surface area contributed by atoms with Crippen molar-refractivity contribution < 1.29 is 0 Å². The number of hydrogen-bond donors (Lipinski definition) is 0. The molecule has 0 aliphatic rings. The molecule has 2 heterocycles. The normalized spacial score (nSPS) is 10.7. The highest BCUT2D eigenvalue weighted by molar-refractivity contribution is 7.23. The number of fused-ring (bicyclic) bond motifs is 1. The molecule has 56 valence electrons. The van der Waals surface area contributed by atoms with Gasteiger partial charge in [-0.2, -0.15) is 0 Å². The van der Waals surface area contributed by atoms with Gasteiger partial charge in [0.15, 0.2) is 0 Å². The Bertz CT molecular complexity index is 396. The number of hydrogen-bond acceptors (Lipinski definition) is 2. The van der Waals surface area contributed by atoms with Crippen LogP contribution in [0.3, 0.4) is 0 Å². The molecule has 2 aromatic rings. The van der Waals surface area contributed by atoms with Crippen LogP contribution >= 0.6 is 34.5 Å². The summed E-state index contributed by atoms with van der Waals surface area (Å²) in [6.07, 6.45) is 1.67. The highest BCUT2D eigenvalue weighted by Crippen LogP contribution is 2.32. The van der Waals surface area contributed by atoms with Gasteiger partial charge in [-0.1, -0.05) is 23.2 Å². The fourth-order valence-corrected chi connectivity index (χ4v) is 2.23. The molecule has 4 heteroatoms. The maximum absolute atomic E-state index is 5.88. The van der Waals surface area contributed by atoms with Gasteiger partial charge >= 0.3 is 0 Å². The van der Waals surface area contributed by atoms with Crippen LogP contribution in [0.1, 0.15) is 0 Å². The molecule has 1 nitrogen and oxygen atoms in total.